The second-order valence-electron chi connectivity index (χ2n) is 5.63. The molecule has 2 atom stereocenters. The molecule has 2 rings (SSSR count). The minimum absolute atomic E-state index is 0.0155. The van der Waals surface area contributed by atoms with Gasteiger partial charge in [-0.3, -0.25) is 4.79 Å². The molecule has 1 saturated heterocycles. The Morgan fingerprint density at radius 2 is 2.24 bits per heavy atom. The molecular formula is C16H24N2O3. The first-order valence-electron chi connectivity index (χ1n) is 7.43. The normalized spacial score (nSPS) is 22.8. The molecule has 0 bridgehead atoms. The summed E-state index contributed by atoms with van der Waals surface area (Å²) in [7, 11) is 1.59. The molecule has 1 amide bonds. The van der Waals surface area contributed by atoms with Crippen molar-refractivity contribution in [2.24, 2.45) is 5.92 Å². The number of nitrogens with zero attached hydrogens (tertiary/aromatic N) is 1. The molecule has 5 heteroatoms. The zero-order chi connectivity index (χ0) is 15.2. The fourth-order valence-corrected chi connectivity index (χ4v) is 2.64. The van der Waals surface area contributed by atoms with Crippen molar-refractivity contribution in [2.45, 2.75) is 25.9 Å². The van der Waals surface area contributed by atoms with Crippen LogP contribution in [-0.2, 0) is 4.79 Å². The Morgan fingerprint density at radius 1 is 1.48 bits per heavy atom. The number of para-hydroxylation sites is 2. The summed E-state index contributed by atoms with van der Waals surface area (Å²) in [5.74, 6) is 0.926. The molecule has 0 saturated carbocycles. The summed E-state index contributed by atoms with van der Waals surface area (Å²) in [5, 5.41) is 12.6. The molecule has 5 nitrogen and oxygen atoms in total. The molecule has 0 aromatic heterocycles. The summed E-state index contributed by atoms with van der Waals surface area (Å²) in [5.41, 5.74) is 0.701. The van der Waals surface area contributed by atoms with Gasteiger partial charge in [0.25, 0.3) is 0 Å². The highest BCUT2D eigenvalue weighted by Gasteiger charge is 2.24. The zero-order valence-electron chi connectivity index (χ0n) is 12.7. The van der Waals surface area contributed by atoms with Crippen LogP contribution in [0.4, 0.5) is 5.69 Å². The molecule has 0 aliphatic carbocycles. The van der Waals surface area contributed by atoms with Crippen molar-refractivity contribution >= 4 is 11.6 Å². The number of carbonyl (C=O) groups excluding carboxylic acids is 1. The first kappa shape index (κ1) is 15.8. The third-order valence-electron chi connectivity index (χ3n) is 3.98. The SMILES string of the molecule is COc1ccccc1NC(=O)CCN1CCC(O)C(C)C1. The van der Waals surface area contributed by atoms with Crippen molar-refractivity contribution in [3.8, 4) is 5.75 Å². The quantitative estimate of drug-likeness (QED) is 0.867. The van der Waals surface area contributed by atoms with Crippen molar-refractivity contribution < 1.29 is 14.6 Å². The van der Waals surface area contributed by atoms with Gasteiger partial charge in [-0.05, 0) is 24.5 Å². The standard InChI is InChI=1S/C16H24N2O3/c1-12-11-18(9-7-14(12)19)10-8-16(20)17-13-5-3-4-6-15(13)21-2/h3-6,12,14,19H,7-11H2,1-2H3,(H,17,20). The molecule has 0 spiro atoms. The number of methoxy groups -OCH3 is 1. The number of aliphatic hydroxyl groups is 1. The molecule has 1 aliphatic heterocycles. The minimum atomic E-state index is -0.205. The van der Waals surface area contributed by atoms with E-state index in [2.05, 4.69) is 10.2 Å². The number of ether oxygens (including phenoxy) is 1. The number of hydrogen-bond donors (Lipinski definition) is 2. The smallest absolute Gasteiger partial charge is 0.225 e. The third-order valence-corrected chi connectivity index (χ3v) is 3.98. The zero-order valence-corrected chi connectivity index (χ0v) is 12.7. The summed E-state index contributed by atoms with van der Waals surface area (Å²) < 4.78 is 5.21. The molecule has 1 aromatic rings. The van der Waals surface area contributed by atoms with Crippen LogP contribution < -0.4 is 10.1 Å². The van der Waals surface area contributed by atoms with Gasteiger partial charge in [-0.25, -0.2) is 0 Å². The number of piperidine rings is 1. The lowest BCUT2D eigenvalue weighted by Crippen LogP contribution is -2.42. The van der Waals surface area contributed by atoms with Gasteiger partial charge >= 0.3 is 0 Å². The van der Waals surface area contributed by atoms with Gasteiger partial charge in [0.2, 0.25) is 5.91 Å². The first-order chi connectivity index (χ1) is 10.1. The largest absolute Gasteiger partial charge is 0.495 e. The number of anilines is 1. The predicted octanol–water partition coefficient (Wildman–Crippen LogP) is 1.73. The van der Waals surface area contributed by atoms with Crippen LogP contribution in [0, 0.1) is 5.92 Å². The number of likely N-dealkylation sites (tertiary alicyclic amines) is 1. The molecule has 1 aromatic carbocycles. The summed E-state index contributed by atoms with van der Waals surface area (Å²) in [6.07, 6.45) is 1.03. The summed E-state index contributed by atoms with van der Waals surface area (Å²) in [6.45, 7) is 4.47. The van der Waals surface area contributed by atoms with E-state index in [0.717, 1.165) is 26.1 Å². The average molecular weight is 292 g/mol. The number of aliphatic hydroxyl groups excluding tert-OH is 1. The topological polar surface area (TPSA) is 61.8 Å². The highest BCUT2D eigenvalue weighted by Crippen LogP contribution is 2.23. The van der Waals surface area contributed by atoms with E-state index in [4.69, 9.17) is 4.74 Å². The molecule has 2 N–H and O–H groups in total. The van der Waals surface area contributed by atoms with Gasteiger partial charge in [0.05, 0.1) is 18.9 Å². The van der Waals surface area contributed by atoms with Crippen LogP contribution in [0.5, 0.6) is 5.75 Å². The van der Waals surface area contributed by atoms with Gasteiger partial charge in [-0.1, -0.05) is 19.1 Å². The monoisotopic (exact) mass is 292 g/mol. The number of carbonyl (C=O) groups is 1. The van der Waals surface area contributed by atoms with Gasteiger partial charge < -0.3 is 20.1 Å². The van der Waals surface area contributed by atoms with Crippen LogP contribution in [0.1, 0.15) is 19.8 Å². The minimum Gasteiger partial charge on any atom is -0.495 e. The van der Waals surface area contributed by atoms with Crippen molar-refractivity contribution in [3.05, 3.63) is 24.3 Å². The number of nitrogens with one attached hydrogen (secondary N) is 1. The fourth-order valence-electron chi connectivity index (χ4n) is 2.64. The van der Waals surface area contributed by atoms with Gasteiger partial charge in [-0.15, -0.1) is 0 Å². The van der Waals surface area contributed by atoms with E-state index >= 15 is 0 Å². The van der Waals surface area contributed by atoms with E-state index < -0.39 is 0 Å². The maximum Gasteiger partial charge on any atom is 0.225 e. The fraction of sp³-hybridized carbons (Fsp3) is 0.562. The third kappa shape index (κ3) is 4.44. The Labute approximate surface area is 125 Å². The summed E-state index contributed by atoms with van der Waals surface area (Å²) in [4.78, 5) is 14.3. The first-order valence-corrected chi connectivity index (χ1v) is 7.43. The molecule has 0 radical (unpaired) electrons. The van der Waals surface area contributed by atoms with E-state index in [9.17, 15) is 9.90 Å². The maximum absolute atomic E-state index is 12.0. The average Bonchev–Trinajstić information content (AvgIpc) is 2.49. The Bertz CT molecular complexity index is 478. The van der Waals surface area contributed by atoms with Gasteiger partial charge in [0.15, 0.2) is 0 Å². The maximum atomic E-state index is 12.0. The second kappa shape index (κ2) is 7.43. The van der Waals surface area contributed by atoms with E-state index in [1.54, 1.807) is 7.11 Å². The van der Waals surface area contributed by atoms with E-state index in [0.29, 0.717) is 17.9 Å². The number of rotatable bonds is 5. The molecule has 1 aliphatic rings. The lowest BCUT2D eigenvalue weighted by molar-refractivity contribution is -0.116. The molecule has 21 heavy (non-hydrogen) atoms. The number of hydrogen-bond acceptors (Lipinski definition) is 4. The van der Waals surface area contributed by atoms with Gasteiger partial charge in [-0.2, -0.15) is 0 Å². The Morgan fingerprint density at radius 3 is 2.95 bits per heavy atom. The van der Waals surface area contributed by atoms with Crippen LogP contribution in [0.25, 0.3) is 0 Å². The lowest BCUT2D eigenvalue weighted by Gasteiger charge is -2.34. The molecule has 1 fully saturated rings. The second-order valence-corrected chi connectivity index (χ2v) is 5.63. The molecule has 116 valence electrons. The number of amides is 1. The van der Waals surface area contributed by atoms with Crippen LogP contribution in [-0.4, -0.2) is 48.8 Å². The van der Waals surface area contributed by atoms with Crippen LogP contribution in [0.15, 0.2) is 24.3 Å². The Kier molecular flexibility index (Phi) is 5.59. The van der Waals surface area contributed by atoms with E-state index in [1.165, 1.54) is 0 Å². The Hall–Kier alpha value is -1.59. The van der Waals surface area contributed by atoms with Crippen LogP contribution in [0.2, 0.25) is 0 Å². The van der Waals surface area contributed by atoms with Crippen molar-refractivity contribution in [1.29, 1.82) is 0 Å². The molecule has 1 heterocycles. The van der Waals surface area contributed by atoms with Crippen molar-refractivity contribution in [2.75, 3.05) is 32.1 Å². The lowest BCUT2D eigenvalue weighted by atomic mass is 9.97. The van der Waals surface area contributed by atoms with Gasteiger partial charge in [0.1, 0.15) is 5.75 Å². The van der Waals surface area contributed by atoms with Gasteiger partial charge in [0, 0.05) is 26.1 Å². The Balaban J connectivity index is 1.80. The highest BCUT2D eigenvalue weighted by atomic mass is 16.5. The van der Waals surface area contributed by atoms with Crippen molar-refractivity contribution in [3.63, 3.8) is 0 Å². The van der Waals surface area contributed by atoms with Crippen LogP contribution in [0.3, 0.4) is 0 Å². The van der Waals surface area contributed by atoms with E-state index in [1.807, 2.05) is 31.2 Å². The molecular weight excluding hydrogens is 268 g/mol. The van der Waals surface area contributed by atoms with Crippen LogP contribution >= 0.6 is 0 Å². The molecule has 2 unspecified atom stereocenters. The van der Waals surface area contributed by atoms with Crippen molar-refractivity contribution in [1.82, 2.24) is 4.90 Å². The number of benzene rings is 1. The predicted molar refractivity (Wildman–Crippen MR) is 82.5 cm³/mol. The highest BCUT2D eigenvalue weighted by molar-refractivity contribution is 5.92. The van der Waals surface area contributed by atoms with E-state index in [-0.39, 0.29) is 17.9 Å². The summed E-state index contributed by atoms with van der Waals surface area (Å²) in [6, 6.07) is 7.39. The summed E-state index contributed by atoms with van der Waals surface area (Å²) >= 11 is 0.